The van der Waals surface area contributed by atoms with E-state index < -0.39 is 0 Å². The number of hydrogen-bond acceptors (Lipinski definition) is 6. The van der Waals surface area contributed by atoms with E-state index in [0.717, 1.165) is 85.2 Å². The Hall–Kier alpha value is -5.61. The molecule has 6 heteroatoms. The van der Waals surface area contributed by atoms with Crippen molar-refractivity contribution in [1.82, 2.24) is 0 Å². The van der Waals surface area contributed by atoms with E-state index in [1.165, 1.54) is 105 Å². The van der Waals surface area contributed by atoms with E-state index in [-0.39, 0.29) is 5.41 Å². The summed E-state index contributed by atoms with van der Waals surface area (Å²) >= 11 is 3.59. The fourth-order valence-electron chi connectivity index (χ4n) is 9.55. The van der Waals surface area contributed by atoms with Gasteiger partial charge in [-0.15, -0.1) is 22.7 Å². The molecular weight excluding hydrogens is 845 g/mol. The summed E-state index contributed by atoms with van der Waals surface area (Å²) in [5, 5.41) is 9.97. The minimum absolute atomic E-state index is 0.0144. The van der Waals surface area contributed by atoms with Crippen LogP contribution in [0.2, 0.25) is 0 Å². The van der Waals surface area contributed by atoms with E-state index in [1.54, 1.807) is 11.3 Å². The second-order valence-corrected chi connectivity index (χ2v) is 20.1. The first-order valence-corrected chi connectivity index (χ1v) is 26.4. The molecule has 1 aliphatic carbocycles. The van der Waals surface area contributed by atoms with E-state index >= 15 is 0 Å². The third kappa shape index (κ3) is 10.6. The van der Waals surface area contributed by atoms with Crippen molar-refractivity contribution in [3.05, 3.63) is 149 Å². The topological polar surface area (TPSA) is 45.5 Å². The number of anilines is 3. The van der Waals surface area contributed by atoms with Gasteiger partial charge in [-0.3, -0.25) is 0 Å². The molecular formula is C60H66N2O2S2. The molecule has 1 aliphatic rings. The Kier molecular flexibility index (Phi) is 16.2. The van der Waals surface area contributed by atoms with Crippen LogP contribution in [0.1, 0.15) is 134 Å². The van der Waals surface area contributed by atoms with E-state index in [4.69, 9.17) is 9.47 Å². The molecule has 8 rings (SSSR count). The Balaban J connectivity index is 1.08. The first kappa shape index (κ1) is 46.9. The average Bonchev–Trinajstić information content (AvgIpc) is 4.06. The Morgan fingerprint density at radius 1 is 0.455 bits per heavy atom. The highest BCUT2D eigenvalue weighted by atomic mass is 32.1. The maximum Gasteiger partial charge on any atom is 0.119 e. The first-order valence-electron chi connectivity index (χ1n) is 24.7. The van der Waals surface area contributed by atoms with Crippen molar-refractivity contribution in [2.75, 3.05) is 18.1 Å². The molecule has 0 bridgehead atoms. The fraction of sp³-hybridized carbons (Fsp3) is 0.350. The molecule has 0 unspecified atom stereocenters. The van der Waals surface area contributed by atoms with E-state index in [9.17, 15) is 5.26 Å². The Labute approximate surface area is 402 Å². The van der Waals surface area contributed by atoms with Crippen molar-refractivity contribution in [2.45, 2.75) is 123 Å². The third-order valence-corrected chi connectivity index (χ3v) is 15.7. The van der Waals surface area contributed by atoms with Gasteiger partial charge in [0.15, 0.2) is 0 Å². The first-order chi connectivity index (χ1) is 32.5. The number of benzene rings is 5. The number of ether oxygens (including phenoxy) is 2. The summed E-state index contributed by atoms with van der Waals surface area (Å²) in [5.41, 5.74) is 12.1. The molecule has 0 spiro atoms. The molecule has 2 aromatic heterocycles. The zero-order valence-corrected chi connectivity index (χ0v) is 41.2. The summed E-state index contributed by atoms with van der Waals surface area (Å²) in [7, 11) is 0. The number of nitrogens with zero attached hydrogens (tertiary/aromatic N) is 2. The van der Waals surface area contributed by atoms with E-state index in [0.29, 0.717) is 0 Å². The molecule has 7 aromatic rings. The second-order valence-electron chi connectivity index (χ2n) is 18.0. The monoisotopic (exact) mass is 910 g/mol. The van der Waals surface area contributed by atoms with E-state index in [1.807, 2.05) is 11.3 Å². The summed E-state index contributed by atoms with van der Waals surface area (Å²) in [6.45, 7) is 10.6. The standard InChI is InChI=1S/C60H66N2O2S2/c1-5-9-13-15-39-63-52-33-23-46(24-34-52)44-17-27-49(28-18-44)62(50-29-19-45(20-30-50)47-25-35-53(36-26-47)64-40-16-14-10-6-2)51-31-21-48(22-32-51)57-42-56-59(66-57)58-55(41-54(43-61)65-58)60(56,37-11-7-3)38-12-8-4/h17-36,41-42H,5-16,37-40H2,1-4H3. The van der Waals surface area contributed by atoms with Gasteiger partial charge >= 0.3 is 0 Å². The molecule has 4 nitrogen and oxygen atoms in total. The molecule has 0 aliphatic heterocycles. The smallest absolute Gasteiger partial charge is 0.119 e. The predicted molar refractivity (Wildman–Crippen MR) is 282 cm³/mol. The van der Waals surface area contributed by atoms with Crippen LogP contribution in [0, 0.1) is 11.3 Å². The lowest BCUT2D eigenvalue weighted by molar-refractivity contribution is 0.305. The highest BCUT2D eigenvalue weighted by Crippen LogP contribution is 2.60. The second kappa shape index (κ2) is 22.7. The van der Waals surface area contributed by atoms with Gasteiger partial charge in [0.25, 0.3) is 0 Å². The van der Waals surface area contributed by atoms with Crippen LogP contribution in [0.5, 0.6) is 11.5 Å². The molecule has 5 aromatic carbocycles. The van der Waals surface area contributed by atoms with Gasteiger partial charge in [-0.1, -0.05) is 153 Å². The van der Waals surface area contributed by atoms with Crippen LogP contribution in [0.4, 0.5) is 17.1 Å². The summed E-state index contributed by atoms with van der Waals surface area (Å²) < 4.78 is 12.1. The average molecular weight is 911 g/mol. The number of fused-ring (bicyclic) bond motifs is 3. The van der Waals surface area contributed by atoms with Gasteiger partial charge in [-0.25, -0.2) is 0 Å². The van der Waals surface area contributed by atoms with Crippen LogP contribution in [0.3, 0.4) is 0 Å². The van der Waals surface area contributed by atoms with Crippen LogP contribution >= 0.6 is 22.7 Å². The van der Waals surface area contributed by atoms with Crippen molar-refractivity contribution in [3.8, 4) is 60.0 Å². The number of hydrogen-bond donors (Lipinski definition) is 0. The minimum atomic E-state index is -0.0144. The number of nitriles is 1. The molecule has 0 amide bonds. The quantitative estimate of drug-likeness (QED) is 0.0567. The number of rotatable bonds is 24. The highest BCUT2D eigenvalue weighted by Gasteiger charge is 2.45. The largest absolute Gasteiger partial charge is 0.494 e. The Bertz CT molecular complexity index is 2520. The van der Waals surface area contributed by atoms with Crippen LogP contribution in [-0.2, 0) is 5.41 Å². The zero-order chi connectivity index (χ0) is 45.7. The maximum atomic E-state index is 9.97. The molecule has 0 radical (unpaired) electrons. The summed E-state index contributed by atoms with van der Waals surface area (Å²) in [5.74, 6) is 1.85. The van der Waals surface area contributed by atoms with Crippen molar-refractivity contribution in [1.29, 1.82) is 5.26 Å². The molecule has 66 heavy (non-hydrogen) atoms. The van der Waals surface area contributed by atoms with Crippen molar-refractivity contribution < 1.29 is 9.47 Å². The van der Waals surface area contributed by atoms with Gasteiger partial charge in [0, 0.05) is 32.2 Å². The Morgan fingerprint density at radius 2 is 0.848 bits per heavy atom. The third-order valence-electron chi connectivity index (χ3n) is 13.3. The van der Waals surface area contributed by atoms with Crippen LogP contribution in [-0.4, -0.2) is 13.2 Å². The lowest BCUT2D eigenvalue weighted by Crippen LogP contribution is -2.24. The maximum absolute atomic E-state index is 9.97. The van der Waals surface area contributed by atoms with Crippen LogP contribution in [0.25, 0.3) is 42.4 Å². The summed E-state index contributed by atoms with van der Waals surface area (Å²) in [6, 6.07) is 51.2. The summed E-state index contributed by atoms with van der Waals surface area (Å²) in [6.07, 6.45) is 16.5. The van der Waals surface area contributed by atoms with Crippen molar-refractivity contribution >= 4 is 39.7 Å². The number of thiophene rings is 2. The molecule has 0 N–H and O–H groups in total. The summed E-state index contributed by atoms with van der Waals surface area (Å²) in [4.78, 5) is 7.18. The fourth-order valence-corrected chi connectivity index (χ4v) is 12.0. The molecule has 0 fully saturated rings. The van der Waals surface area contributed by atoms with Gasteiger partial charge in [0.2, 0.25) is 0 Å². The SMILES string of the molecule is CCCCCCOc1ccc(-c2ccc(N(c3ccc(-c4ccc(OCCCCCC)cc4)cc3)c3ccc(-c4cc5c(s4)-c4sc(C#N)cc4C5(CCCC)CCCC)cc3)cc2)cc1. The van der Waals surface area contributed by atoms with E-state index in [2.05, 4.69) is 172 Å². The normalized spacial score (nSPS) is 12.4. The van der Waals surface area contributed by atoms with Gasteiger partial charge in [-0.2, -0.15) is 5.26 Å². The van der Waals surface area contributed by atoms with Gasteiger partial charge < -0.3 is 14.4 Å². The Morgan fingerprint density at radius 3 is 1.27 bits per heavy atom. The molecule has 340 valence electrons. The van der Waals surface area contributed by atoms with Gasteiger partial charge in [0.1, 0.15) is 22.4 Å². The molecule has 0 atom stereocenters. The highest BCUT2D eigenvalue weighted by molar-refractivity contribution is 7.24. The van der Waals surface area contributed by atoms with Crippen LogP contribution < -0.4 is 14.4 Å². The lowest BCUT2D eigenvalue weighted by Gasteiger charge is -2.31. The minimum Gasteiger partial charge on any atom is -0.494 e. The zero-order valence-electron chi connectivity index (χ0n) is 39.5. The molecule has 0 saturated heterocycles. The van der Waals surface area contributed by atoms with Crippen molar-refractivity contribution in [2.24, 2.45) is 0 Å². The van der Waals surface area contributed by atoms with Gasteiger partial charge in [0.05, 0.1) is 18.1 Å². The van der Waals surface area contributed by atoms with Gasteiger partial charge in [-0.05, 0) is 137 Å². The predicted octanol–water partition coefficient (Wildman–Crippen LogP) is 18.7. The van der Waals surface area contributed by atoms with Crippen LogP contribution in [0.15, 0.2) is 133 Å². The molecule has 0 saturated carbocycles. The number of unbranched alkanes of at least 4 members (excludes halogenated alkanes) is 8. The molecule has 2 heterocycles. The lowest BCUT2D eigenvalue weighted by atomic mass is 9.71. The van der Waals surface area contributed by atoms with Crippen molar-refractivity contribution in [3.63, 3.8) is 0 Å².